The number of nitrogens with one attached hydrogen (secondary N) is 1. The van der Waals surface area contributed by atoms with Crippen LogP contribution in [-0.2, 0) is 6.54 Å². The molecule has 1 aliphatic rings. The molecule has 3 nitrogen and oxygen atoms in total. The first-order valence-electron chi connectivity index (χ1n) is 7.06. The Morgan fingerprint density at radius 1 is 1.40 bits per heavy atom. The van der Waals surface area contributed by atoms with E-state index in [2.05, 4.69) is 44.3 Å². The summed E-state index contributed by atoms with van der Waals surface area (Å²) in [6.45, 7) is 5.23. The highest BCUT2D eigenvalue weighted by Crippen LogP contribution is 2.16. The Bertz CT molecular complexity index is 386. The van der Waals surface area contributed by atoms with E-state index in [1.165, 1.54) is 18.4 Å². The second kappa shape index (κ2) is 9.74. The van der Waals surface area contributed by atoms with E-state index in [0.717, 1.165) is 37.2 Å². The number of aliphatic hydroxyl groups excluding tert-OH is 1. The van der Waals surface area contributed by atoms with Crippen molar-refractivity contribution < 1.29 is 5.11 Å². The van der Waals surface area contributed by atoms with Gasteiger partial charge in [0.15, 0.2) is 0 Å². The van der Waals surface area contributed by atoms with Gasteiger partial charge in [0.2, 0.25) is 0 Å². The van der Waals surface area contributed by atoms with E-state index >= 15 is 0 Å². The fraction of sp³-hybridized carbons (Fsp3) is 0.600. The molecular formula is C15H24BrClN2O. The van der Waals surface area contributed by atoms with Crippen LogP contribution in [0.15, 0.2) is 28.7 Å². The van der Waals surface area contributed by atoms with Crippen molar-refractivity contribution in [2.24, 2.45) is 5.92 Å². The number of nitrogens with zero attached hydrogens (tertiary/aromatic N) is 1. The first-order chi connectivity index (χ1) is 9.28. The minimum absolute atomic E-state index is 0. The molecule has 1 aromatic carbocycles. The fourth-order valence-corrected chi connectivity index (χ4v) is 3.16. The van der Waals surface area contributed by atoms with Crippen LogP contribution in [0.25, 0.3) is 0 Å². The van der Waals surface area contributed by atoms with Gasteiger partial charge in [0.05, 0.1) is 6.61 Å². The summed E-state index contributed by atoms with van der Waals surface area (Å²) in [5.41, 5.74) is 1.30. The van der Waals surface area contributed by atoms with Crippen molar-refractivity contribution >= 4 is 28.3 Å². The Labute approximate surface area is 136 Å². The summed E-state index contributed by atoms with van der Waals surface area (Å²) in [7, 11) is 0. The molecule has 1 atom stereocenters. The van der Waals surface area contributed by atoms with Gasteiger partial charge in [-0.1, -0.05) is 28.1 Å². The molecule has 0 bridgehead atoms. The molecule has 20 heavy (non-hydrogen) atoms. The molecule has 1 fully saturated rings. The lowest BCUT2D eigenvalue weighted by molar-refractivity contribution is 0.158. The van der Waals surface area contributed by atoms with Gasteiger partial charge in [-0.05, 0) is 49.5 Å². The van der Waals surface area contributed by atoms with Crippen LogP contribution < -0.4 is 5.32 Å². The van der Waals surface area contributed by atoms with Crippen LogP contribution in [0, 0.1) is 5.92 Å². The predicted molar refractivity (Wildman–Crippen MR) is 89.3 cm³/mol. The lowest BCUT2D eigenvalue weighted by Crippen LogP contribution is -2.39. The predicted octanol–water partition coefficient (Wildman–Crippen LogP) is 2.66. The maximum absolute atomic E-state index is 9.23. The molecule has 5 heteroatoms. The third kappa shape index (κ3) is 6.10. The average Bonchev–Trinajstić information content (AvgIpc) is 2.40. The topological polar surface area (TPSA) is 35.5 Å². The lowest BCUT2D eigenvalue weighted by Gasteiger charge is -2.29. The molecule has 1 heterocycles. The Morgan fingerprint density at radius 2 is 2.25 bits per heavy atom. The maximum Gasteiger partial charge on any atom is 0.0558 e. The van der Waals surface area contributed by atoms with Crippen LogP contribution in [-0.4, -0.2) is 42.8 Å². The Balaban J connectivity index is 0.00000200. The smallest absolute Gasteiger partial charge is 0.0558 e. The van der Waals surface area contributed by atoms with Crippen LogP contribution in [0.3, 0.4) is 0 Å². The SMILES string of the molecule is Cl.OCCN(Cc1cccc(Br)c1)CC1CCCNC1. The number of piperidine rings is 1. The van der Waals surface area contributed by atoms with Crippen molar-refractivity contribution in [3.8, 4) is 0 Å². The second-order valence-electron chi connectivity index (χ2n) is 5.30. The molecular weight excluding hydrogens is 340 g/mol. The van der Waals surface area contributed by atoms with Gasteiger partial charge in [0.25, 0.3) is 0 Å². The number of halogens is 2. The Hall–Kier alpha value is -0.130. The summed E-state index contributed by atoms with van der Waals surface area (Å²) >= 11 is 3.51. The van der Waals surface area contributed by atoms with Crippen LogP contribution in [0.1, 0.15) is 18.4 Å². The quantitative estimate of drug-likeness (QED) is 0.815. The maximum atomic E-state index is 9.23. The van der Waals surface area contributed by atoms with E-state index < -0.39 is 0 Å². The van der Waals surface area contributed by atoms with E-state index in [4.69, 9.17) is 0 Å². The molecule has 0 radical (unpaired) electrons. The summed E-state index contributed by atoms with van der Waals surface area (Å²) in [5.74, 6) is 0.715. The zero-order valence-corrected chi connectivity index (χ0v) is 14.1. The summed E-state index contributed by atoms with van der Waals surface area (Å²) < 4.78 is 1.12. The molecule has 1 unspecified atom stereocenters. The van der Waals surface area contributed by atoms with Gasteiger partial charge in [-0.15, -0.1) is 12.4 Å². The molecule has 0 amide bonds. The van der Waals surface area contributed by atoms with Gasteiger partial charge in [-0.2, -0.15) is 0 Å². The van der Waals surface area contributed by atoms with Gasteiger partial charge < -0.3 is 10.4 Å². The number of hydrogen-bond donors (Lipinski definition) is 2. The fourth-order valence-electron chi connectivity index (χ4n) is 2.71. The van der Waals surface area contributed by atoms with Crippen molar-refractivity contribution in [2.75, 3.05) is 32.8 Å². The molecule has 2 N–H and O–H groups in total. The van der Waals surface area contributed by atoms with Crippen molar-refractivity contribution in [1.29, 1.82) is 0 Å². The van der Waals surface area contributed by atoms with Crippen LogP contribution in [0.2, 0.25) is 0 Å². The molecule has 1 saturated heterocycles. The second-order valence-corrected chi connectivity index (χ2v) is 6.22. The highest BCUT2D eigenvalue weighted by Gasteiger charge is 2.17. The number of hydrogen-bond acceptors (Lipinski definition) is 3. The summed E-state index contributed by atoms with van der Waals surface area (Å²) in [4.78, 5) is 2.36. The van der Waals surface area contributed by atoms with E-state index in [9.17, 15) is 5.11 Å². The number of rotatable bonds is 6. The van der Waals surface area contributed by atoms with E-state index in [1.807, 2.05) is 6.07 Å². The monoisotopic (exact) mass is 362 g/mol. The van der Waals surface area contributed by atoms with Crippen molar-refractivity contribution in [3.05, 3.63) is 34.3 Å². The zero-order chi connectivity index (χ0) is 13.5. The third-order valence-electron chi connectivity index (χ3n) is 3.63. The van der Waals surface area contributed by atoms with Crippen LogP contribution in [0.5, 0.6) is 0 Å². The molecule has 0 aliphatic carbocycles. The van der Waals surface area contributed by atoms with Gasteiger partial charge in [-0.25, -0.2) is 0 Å². The highest BCUT2D eigenvalue weighted by molar-refractivity contribution is 9.10. The Kier molecular flexibility index (Phi) is 8.73. The van der Waals surface area contributed by atoms with E-state index in [0.29, 0.717) is 5.92 Å². The molecule has 114 valence electrons. The molecule has 0 spiro atoms. The van der Waals surface area contributed by atoms with E-state index in [1.54, 1.807) is 0 Å². The van der Waals surface area contributed by atoms with Crippen LogP contribution in [0.4, 0.5) is 0 Å². The molecule has 0 saturated carbocycles. The van der Waals surface area contributed by atoms with Crippen molar-refractivity contribution in [1.82, 2.24) is 10.2 Å². The normalized spacial score (nSPS) is 18.9. The molecule has 1 aliphatic heterocycles. The van der Waals surface area contributed by atoms with Crippen LogP contribution >= 0.6 is 28.3 Å². The van der Waals surface area contributed by atoms with Gasteiger partial charge in [-0.3, -0.25) is 4.90 Å². The summed E-state index contributed by atoms with van der Waals surface area (Å²) in [6.07, 6.45) is 2.57. The largest absolute Gasteiger partial charge is 0.395 e. The number of aliphatic hydroxyl groups is 1. The number of benzene rings is 1. The summed E-state index contributed by atoms with van der Waals surface area (Å²) in [6, 6.07) is 8.42. The Morgan fingerprint density at radius 3 is 2.90 bits per heavy atom. The van der Waals surface area contributed by atoms with Gasteiger partial charge >= 0.3 is 0 Å². The van der Waals surface area contributed by atoms with Gasteiger partial charge in [0.1, 0.15) is 0 Å². The first kappa shape index (κ1) is 17.9. The van der Waals surface area contributed by atoms with E-state index in [-0.39, 0.29) is 19.0 Å². The van der Waals surface area contributed by atoms with Crippen molar-refractivity contribution in [3.63, 3.8) is 0 Å². The lowest BCUT2D eigenvalue weighted by atomic mass is 9.99. The van der Waals surface area contributed by atoms with Gasteiger partial charge in [0, 0.05) is 24.1 Å². The zero-order valence-electron chi connectivity index (χ0n) is 11.7. The highest BCUT2D eigenvalue weighted by atomic mass is 79.9. The third-order valence-corrected chi connectivity index (χ3v) is 4.12. The summed E-state index contributed by atoms with van der Waals surface area (Å²) in [5, 5.41) is 12.7. The first-order valence-corrected chi connectivity index (χ1v) is 7.85. The minimum atomic E-state index is 0. The standard InChI is InChI=1S/C15H23BrN2O.ClH/c16-15-5-1-3-13(9-15)11-18(7-8-19)12-14-4-2-6-17-10-14;/h1,3,5,9,14,17,19H,2,4,6-8,10-12H2;1H. The molecule has 0 aromatic heterocycles. The molecule has 1 aromatic rings. The molecule has 2 rings (SSSR count). The minimum Gasteiger partial charge on any atom is -0.395 e. The average molecular weight is 364 g/mol. The van der Waals surface area contributed by atoms with Crippen molar-refractivity contribution in [2.45, 2.75) is 19.4 Å².